The smallest absolute Gasteiger partial charge is 0.219 e. The van der Waals surface area contributed by atoms with E-state index in [1.54, 1.807) is 0 Å². The van der Waals surface area contributed by atoms with E-state index in [1.807, 2.05) is 0 Å². The van der Waals surface area contributed by atoms with Crippen LogP contribution in [0.1, 0.15) is 24.2 Å². The molecule has 0 radical (unpaired) electrons. The Morgan fingerprint density at radius 3 is 2.74 bits per heavy atom. The van der Waals surface area contributed by atoms with Crippen LogP contribution in [0.2, 0.25) is 25.7 Å². The fourth-order valence-corrected chi connectivity index (χ4v) is 3.14. The molecule has 0 atom stereocenters. The van der Waals surface area contributed by atoms with Crippen molar-refractivity contribution in [2.75, 3.05) is 12.0 Å². The number of nitrogens with zero attached hydrogens (tertiary/aromatic N) is 2. The lowest BCUT2D eigenvalue weighted by atomic mass is 10.0. The van der Waals surface area contributed by atoms with E-state index in [4.69, 9.17) is 10.6 Å². The summed E-state index contributed by atoms with van der Waals surface area (Å²) < 4.78 is 7.92. The quantitative estimate of drug-likeness (QED) is 0.364. The molecule has 0 aromatic carbocycles. The van der Waals surface area contributed by atoms with Crippen LogP contribution in [0.15, 0.2) is 0 Å². The van der Waals surface area contributed by atoms with Crippen molar-refractivity contribution in [3.05, 3.63) is 11.4 Å². The second-order valence-electron chi connectivity index (χ2n) is 6.46. The highest BCUT2D eigenvalue weighted by molar-refractivity contribution is 6.76. The topological polar surface area (TPSA) is 65.1 Å². The molecule has 3 N–H and O–H groups in total. The van der Waals surface area contributed by atoms with Gasteiger partial charge in [-0.1, -0.05) is 19.6 Å². The van der Waals surface area contributed by atoms with Crippen LogP contribution in [-0.4, -0.2) is 24.2 Å². The molecular weight excluding hydrogens is 256 g/mol. The first-order valence-electron chi connectivity index (χ1n) is 7.14. The van der Waals surface area contributed by atoms with Gasteiger partial charge >= 0.3 is 0 Å². The Balaban J connectivity index is 1.97. The molecule has 0 unspecified atom stereocenters. The molecule has 1 heterocycles. The third kappa shape index (κ3) is 3.81. The van der Waals surface area contributed by atoms with Crippen molar-refractivity contribution in [1.82, 2.24) is 9.55 Å². The highest BCUT2D eigenvalue weighted by atomic mass is 28.3. The SMILES string of the molecule is C[Si](C)(C)CCOCn1c(NN)nc2c1CCCC2. The Morgan fingerprint density at radius 2 is 2.05 bits per heavy atom. The van der Waals surface area contributed by atoms with E-state index < -0.39 is 8.07 Å². The maximum Gasteiger partial charge on any atom is 0.219 e. The Labute approximate surface area is 116 Å². The minimum atomic E-state index is -1.02. The number of nitrogen functional groups attached to an aromatic ring is 1. The molecule has 0 fully saturated rings. The zero-order valence-corrected chi connectivity index (χ0v) is 13.3. The molecule has 0 aliphatic heterocycles. The molecule has 0 bridgehead atoms. The first kappa shape index (κ1) is 14.6. The van der Waals surface area contributed by atoms with Gasteiger partial charge in [0.25, 0.3) is 0 Å². The molecule has 19 heavy (non-hydrogen) atoms. The number of hydrogen-bond acceptors (Lipinski definition) is 4. The third-order valence-corrected chi connectivity index (χ3v) is 5.28. The summed E-state index contributed by atoms with van der Waals surface area (Å²) in [5, 5.41) is 0. The Morgan fingerprint density at radius 1 is 1.32 bits per heavy atom. The average Bonchev–Trinajstić information content (AvgIpc) is 2.71. The fraction of sp³-hybridized carbons (Fsp3) is 0.769. The number of imidazole rings is 1. The molecule has 1 aromatic heterocycles. The van der Waals surface area contributed by atoms with Gasteiger partial charge in [0.2, 0.25) is 5.95 Å². The number of fused-ring (bicyclic) bond motifs is 1. The van der Waals surface area contributed by atoms with Gasteiger partial charge < -0.3 is 4.74 Å². The van der Waals surface area contributed by atoms with Crippen LogP contribution in [0, 0.1) is 0 Å². The zero-order chi connectivity index (χ0) is 13.9. The molecule has 0 amide bonds. The van der Waals surface area contributed by atoms with Gasteiger partial charge in [-0.05, 0) is 31.7 Å². The van der Waals surface area contributed by atoms with Crippen molar-refractivity contribution < 1.29 is 4.74 Å². The Bertz CT molecular complexity index is 425. The predicted octanol–water partition coefficient (Wildman–Crippen LogP) is 2.36. The standard InChI is InChI=1S/C13H26N4OSi/c1-19(2,3)9-8-18-10-17-12-7-5-4-6-11(12)15-13(17)16-14/h4-10,14H2,1-3H3,(H,15,16). The van der Waals surface area contributed by atoms with Crippen LogP contribution < -0.4 is 11.3 Å². The van der Waals surface area contributed by atoms with Crippen LogP contribution in [-0.2, 0) is 24.3 Å². The Hall–Kier alpha value is -0.853. The van der Waals surface area contributed by atoms with E-state index >= 15 is 0 Å². The van der Waals surface area contributed by atoms with Crippen molar-refractivity contribution in [2.45, 2.75) is 58.1 Å². The molecule has 5 nitrogen and oxygen atoms in total. The van der Waals surface area contributed by atoms with Crippen molar-refractivity contribution >= 4 is 14.0 Å². The molecule has 6 heteroatoms. The molecule has 2 rings (SSSR count). The van der Waals surface area contributed by atoms with Gasteiger partial charge in [0.15, 0.2) is 0 Å². The summed E-state index contributed by atoms with van der Waals surface area (Å²) in [6, 6.07) is 1.19. The van der Waals surface area contributed by atoms with E-state index in [0.717, 1.165) is 25.4 Å². The van der Waals surface area contributed by atoms with Crippen LogP contribution in [0.5, 0.6) is 0 Å². The number of aromatic nitrogens is 2. The summed E-state index contributed by atoms with van der Waals surface area (Å²) in [5.74, 6) is 6.29. The van der Waals surface area contributed by atoms with Crippen molar-refractivity contribution in [1.29, 1.82) is 0 Å². The number of anilines is 1. The maximum atomic E-state index is 5.82. The van der Waals surface area contributed by atoms with Gasteiger partial charge in [-0.2, -0.15) is 0 Å². The average molecular weight is 282 g/mol. The van der Waals surface area contributed by atoms with Crippen LogP contribution in [0.3, 0.4) is 0 Å². The molecule has 0 saturated heterocycles. The lowest BCUT2D eigenvalue weighted by molar-refractivity contribution is 0.0864. The second-order valence-corrected chi connectivity index (χ2v) is 12.1. The van der Waals surface area contributed by atoms with Crippen LogP contribution in [0.4, 0.5) is 5.95 Å². The van der Waals surface area contributed by atoms with Gasteiger partial charge in [0.05, 0.1) is 5.69 Å². The molecule has 1 aliphatic carbocycles. The van der Waals surface area contributed by atoms with E-state index in [9.17, 15) is 0 Å². The highest BCUT2D eigenvalue weighted by Gasteiger charge is 2.19. The van der Waals surface area contributed by atoms with Crippen molar-refractivity contribution in [2.24, 2.45) is 5.84 Å². The predicted molar refractivity (Wildman–Crippen MR) is 80.8 cm³/mol. The van der Waals surface area contributed by atoms with E-state index in [0.29, 0.717) is 6.73 Å². The number of hydrazine groups is 1. The number of nitrogens with one attached hydrogen (secondary N) is 1. The minimum Gasteiger partial charge on any atom is -0.361 e. The molecule has 1 aromatic rings. The van der Waals surface area contributed by atoms with Gasteiger partial charge in [-0.25, -0.2) is 10.8 Å². The molecule has 0 saturated carbocycles. The van der Waals surface area contributed by atoms with E-state index in [1.165, 1.54) is 30.3 Å². The number of hydrogen-bond donors (Lipinski definition) is 2. The molecule has 1 aliphatic rings. The first-order valence-corrected chi connectivity index (χ1v) is 10.8. The van der Waals surface area contributed by atoms with Crippen molar-refractivity contribution in [3.63, 3.8) is 0 Å². The maximum absolute atomic E-state index is 5.82. The summed E-state index contributed by atoms with van der Waals surface area (Å²) in [4.78, 5) is 4.55. The summed E-state index contributed by atoms with van der Waals surface area (Å²) in [5.41, 5.74) is 5.18. The molecular formula is C13H26N4OSi. The normalized spacial score (nSPS) is 15.4. The third-order valence-electron chi connectivity index (χ3n) is 3.58. The fourth-order valence-electron chi connectivity index (χ4n) is 2.38. The summed E-state index contributed by atoms with van der Waals surface area (Å²) in [6.07, 6.45) is 4.61. The summed E-state index contributed by atoms with van der Waals surface area (Å²) >= 11 is 0. The van der Waals surface area contributed by atoms with Gasteiger partial charge in [-0.3, -0.25) is 9.99 Å². The molecule has 108 valence electrons. The lowest BCUT2D eigenvalue weighted by Gasteiger charge is -2.18. The monoisotopic (exact) mass is 282 g/mol. The number of aryl methyl sites for hydroxylation is 1. The van der Waals surface area contributed by atoms with Crippen LogP contribution >= 0.6 is 0 Å². The highest BCUT2D eigenvalue weighted by Crippen LogP contribution is 2.24. The summed E-state index contributed by atoms with van der Waals surface area (Å²) in [6.45, 7) is 8.48. The number of rotatable bonds is 6. The second kappa shape index (κ2) is 6.07. The van der Waals surface area contributed by atoms with Gasteiger partial charge in [0.1, 0.15) is 6.73 Å². The zero-order valence-electron chi connectivity index (χ0n) is 12.3. The number of nitrogens with two attached hydrogens (primary N) is 1. The summed E-state index contributed by atoms with van der Waals surface area (Å²) in [7, 11) is -1.02. The van der Waals surface area contributed by atoms with Crippen molar-refractivity contribution in [3.8, 4) is 0 Å². The van der Waals surface area contributed by atoms with Crippen LogP contribution in [0.25, 0.3) is 0 Å². The van der Waals surface area contributed by atoms with Gasteiger partial charge in [0, 0.05) is 20.4 Å². The largest absolute Gasteiger partial charge is 0.361 e. The van der Waals surface area contributed by atoms with E-state index in [-0.39, 0.29) is 0 Å². The molecule has 0 spiro atoms. The minimum absolute atomic E-state index is 0.562. The lowest BCUT2D eigenvalue weighted by Crippen LogP contribution is -2.23. The first-order chi connectivity index (χ1) is 9.01. The van der Waals surface area contributed by atoms with Gasteiger partial charge in [-0.15, -0.1) is 0 Å². The van der Waals surface area contributed by atoms with E-state index in [2.05, 4.69) is 34.6 Å². The Kier molecular flexibility index (Phi) is 4.65. The number of ether oxygens (including phenoxy) is 1.